The number of nitrogens with zero attached hydrogens (tertiary/aromatic N) is 3. The zero-order valence-corrected chi connectivity index (χ0v) is 14.1. The van der Waals surface area contributed by atoms with E-state index in [4.69, 9.17) is 0 Å². The molecule has 0 unspecified atom stereocenters. The molecule has 0 aliphatic rings. The standard InChI is InChI=1S/C18H18FN3S/c1-12-6-4-5-7-16(12)17-20-21-18(22(17)3)23-13(2)14-8-10-15(19)11-9-14/h4-11,13H,1-3H3/t13-/m0/s1. The van der Waals surface area contributed by atoms with Crippen LogP contribution in [0.2, 0.25) is 0 Å². The molecule has 1 aromatic heterocycles. The molecule has 2 aromatic carbocycles. The van der Waals surface area contributed by atoms with Gasteiger partial charge < -0.3 is 4.57 Å². The summed E-state index contributed by atoms with van der Waals surface area (Å²) in [5.41, 5.74) is 3.33. The molecule has 0 spiro atoms. The molecule has 0 bridgehead atoms. The summed E-state index contributed by atoms with van der Waals surface area (Å²) in [5, 5.41) is 9.67. The second-order valence-electron chi connectivity index (χ2n) is 5.49. The van der Waals surface area contributed by atoms with Crippen LogP contribution in [0.15, 0.2) is 53.7 Å². The first kappa shape index (κ1) is 15.7. The van der Waals surface area contributed by atoms with Crippen molar-refractivity contribution in [2.45, 2.75) is 24.3 Å². The number of hydrogen-bond donors (Lipinski definition) is 0. The van der Waals surface area contributed by atoms with E-state index in [-0.39, 0.29) is 11.1 Å². The lowest BCUT2D eigenvalue weighted by molar-refractivity contribution is 0.627. The molecule has 0 amide bonds. The maximum atomic E-state index is 13.0. The highest BCUT2D eigenvalue weighted by molar-refractivity contribution is 7.99. The fraction of sp³-hybridized carbons (Fsp3) is 0.222. The van der Waals surface area contributed by atoms with Gasteiger partial charge in [0.05, 0.1) is 0 Å². The number of rotatable bonds is 4. The van der Waals surface area contributed by atoms with Gasteiger partial charge in [-0.3, -0.25) is 0 Å². The lowest BCUT2D eigenvalue weighted by atomic mass is 10.1. The largest absolute Gasteiger partial charge is 0.305 e. The van der Waals surface area contributed by atoms with Crippen LogP contribution in [0.3, 0.4) is 0 Å². The molecule has 0 aliphatic carbocycles. The molecule has 0 radical (unpaired) electrons. The molecule has 0 saturated carbocycles. The SMILES string of the molecule is Cc1ccccc1-c1nnc(S[C@@H](C)c2ccc(F)cc2)n1C. The van der Waals surface area contributed by atoms with Gasteiger partial charge in [-0.25, -0.2) is 4.39 Å². The van der Waals surface area contributed by atoms with Gasteiger partial charge in [0, 0.05) is 17.9 Å². The number of aromatic nitrogens is 3. The maximum absolute atomic E-state index is 13.0. The minimum Gasteiger partial charge on any atom is -0.305 e. The van der Waals surface area contributed by atoms with E-state index in [2.05, 4.69) is 36.2 Å². The number of hydrogen-bond acceptors (Lipinski definition) is 3. The van der Waals surface area contributed by atoms with Crippen molar-refractivity contribution >= 4 is 11.8 Å². The van der Waals surface area contributed by atoms with E-state index in [1.54, 1.807) is 11.8 Å². The van der Waals surface area contributed by atoms with Crippen LogP contribution in [-0.2, 0) is 7.05 Å². The molecule has 0 saturated heterocycles. The van der Waals surface area contributed by atoms with Crippen LogP contribution in [0.25, 0.3) is 11.4 Å². The molecule has 0 fully saturated rings. The Hall–Kier alpha value is -2.14. The maximum Gasteiger partial charge on any atom is 0.191 e. The van der Waals surface area contributed by atoms with E-state index in [1.807, 2.05) is 35.9 Å². The highest BCUT2D eigenvalue weighted by atomic mass is 32.2. The van der Waals surface area contributed by atoms with Crippen molar-refractivity contribution in [1.82, 2.24) is 14.8 Å². The Balaban J connectivity index is 1.85. The summed E-state index contributed by atoms with van der Waals surface area (Å²) in [7, 11) is 1.97. The van der Waals surface area contributed by atoms with Gasteiger partial charge >= 0.3 is 0 Å². The van der Waals surface area contributed by atoms with Gasteiger partial charge in [-0.2, -0.15) is 0 Å². The Kier molecular flexibility index (Phi) is 4.48. The fourth-order valence-electron chi connectivity index (χ4n) is 2.44. The van der Waals surface area contributed by atoms with E-state index in [0.717, 1.165) is 22.1 Å². The summed E-state index contributed by atoms with van der Waals surface area (Å²) >= 11 is 1.62. The molecule has 0 aliphatic heterocycles. The fourth-order valence-corrected chi connectivity index (χ4v) is 3.38. The van der Waals surface area contributed by atoms with E-state index in [0.29, 0.717) is 0 Å². The lowest BCUT2D eigenvalue weighted by Gasteiger charge is -2.11. The number of thioether (sulfide) groups is 1. The zero-order chi connectivity index (χ0) is 16.4. The summed E-state index contributed by atoms with van der Waals surface area (Å²) in [6, 6.07) is 14.7. The second-order valence-corrected chi connectivity index (χ2v) is 6.80. The minimum atomic E-state index is -0.216. The predicted octanol–water partition coefficient (Wildman–Crippen LogP) is 4.78. The third-order valence-electron chi connectivity index (χ3n) is 3.84. The Bertz CT molecular complexity index is 811. The van der Waals surface area contributed by atoms with Crippen molar-refractivity contribution < 1.29 is 4.39 Å². The van der Waals surface area contributed by atoms with Crippen molar-refractivity contribution in [3.8, 4) is 11.4 Å². The molecular formula is C18H18FN3S. The van der Waals surface area contributed by atoms with Gasteiger partial charge in [0.25, 0.3) is 0 Å². The van der Waals surface area contributed by atoms with Gasteiger partial charge in [-0.05, 0) is 37.1 Å². The highest BCUT2D eigenvalue weighted by Crippen LogP contribution is 2.35. The average Bonchev–Trinajstić information content (AvgIpc) is 2.89. The van der Waals surface area contributed by atoms with Crippen molar-refractivity contribution in [1.29, 1.82) is 0 Å². The van der Waals surface area contributed by atoms with Gasteiger partial charge in [0.2, 0.25) is 0 Å². The summed E-state index contributed by atoms with van der Waals surface area (Å²) in [6.07, 6.45) is 0. The van der Waals surface area contributed by atoms with Gasteiger partial charge in [0.15, 0.2) is 11.0 Å². The molecule has 23 heavy (non-hydrogen) atoms. The van der Waals surface area contributed by atoms with Crippen molar-refractivity contribution in [3.05, 3.63) is 65.5 Å². The summed E-state index contributed by atoms with van der Waals surface area (Å²) < 4.78 is 15.0. The minimum absolute atomic E-state index is 0.170. The lowest BCUT2D eigenvalue weighted by Crippen LogP contribution is -1.98. The molecule has 1 atom stereocenters. The molecule has 118 valence electrons. The van der Waals surface area contributed by atoms with Crippen LogP contribution < -0.4 is 0 Å². The molecular weight excluding hydrogens is 309 g/mol. The number of aryl methyl sites for hydroxylation is 1. The summed E-state index contributed by atoms with van der Waals surface area (Å²) in [5.74, 6) is 0.642. The molecule has 0 N–H and O–H groups in total. The smallest absolute Gasteiger partial charge is 0.191 e. The monoisotopic (exact) mass is 327 g/mol. The first-order valence-electron chi connectivity index (χ1n) is 7.44. The van der Waals surface area contributed by atoms with Crippen LogP contribution in [0.5, 0.6) is 0 Å². The molecule has 3 aromatic rings. The Morgan fingerprint density at radius 2 is 1.74 bits per heavy atom. The molecule has 1 heterocycles. The molecule has 3 nitrogen and oxygen atoms in total. The van der Waals surface area contributed by atoms with E-state index in [9.17, 15) is 4.39 Å². The van der Waals surface area contributed by atoms with Crippen LogP contribution >= 0.6 is 11.8 Å². The Morgan fingerprint density at radius 1 is 1.04 bits per heavy atom. The number of benzene rings is 2. The third-order valence-corrected chi connectivity index (χ3v) is 5.03. The summed E-state index contributed by atoms with van der Waals surface area (Å²) in [4.78, 5) is 0. The van der Waals surface area contributed by atoms with Crippen molar-refractivity contribution in [2.75, 3.05) is 0 Å². The summed E-state index contributed by atoms with van der Waals surface area (Å²) in [6.45, 7) is 4.15. The van der Waals surface area contributed by atoms with Crippen LogP contribution in [0.4, 0.5) is 4.39 Å². The van der Waals surface area contributed by atoms with Crippen molar-refractivity contribution in [3.63, 3.8) is 0 Å². The Labute approximate surface area is 139 Å². The first-order chi connectivity index (χ1) is 11.1. The van der Waals surface area contributed by atoms with Crippen LogP contribution in [0.1, 0.15) is 23.3 Å². The zero-order valence-electron chi connectivity index (χ0n) is 13.3. The molecule has 3 rings (SSSR count). The molecule has 5 heteroatoms. The topological polar surface area (TPSA) is 30.7 Å². The van der Waals surface area contributed by atoms with E-state index >= 15 is 0 Å². The van der Waals surface area contributed by atoms with Gasteiger partial charge in [-0.1, -0.05) is 48.2 Å². The predicted molar refractivity (Wildman–Crippen MR) is 91.8 cm³/mol. The third kappa shape index (κ3) is 3.29. The number of halogens is 1. The van der Waals surface area contributed by atoms with Gasteiger partial charge in [0.1, 0.15) is 5.82 Å². The Morgan fingerprint density at radius 3 is 2.43 bits per heavy atom. The second kappa shape index (κ2) is 6.54. The highest BCUT2D eigenvalue weighted by Gasteiger charge is 2.16. The van der Waals surface area contributed by atoms with E-state index in [1.165, 1.54) is 17.7 Å². The first-order valence-corrected chi connectivity index (χ1v) is 8.31. The van der Waals surface area contributed by atoms with Gasteiger partial charge in [-0.15, -0.1) is 10.2 Å². The van der Waals surface area contributed by atoms with E-state index < -0.39 is 0 Å². The van der Waals surface area contributed by atoms with Crippen LogP contribution in [-0.4, -0.2) is 14.8 Å². The normalized spacial score (nSPS) is 12.3. The quantitative estimate of drug-likeness (QED) is 0.646. The van der Waals surface area contributed by atoms with Crippen LogP contribution in [0, 0.1) is 12.7 Å². The average molecular weight is 327 g/mol. The van der Waals surface area contributed by atoms with Crippen molar-refractivity contribution in [2.24, 2.45) is 7.05 Å².